The van der Waals surface area contributed by atoms with Gasteiger partial charge in [0.1, 0.15) is 42.4 Å². The van der Waals surface area contributed by atoms with Crippen molar-refractivity contribution in [3.8, 4) is 5.75 Å². The van der Waals surface area contributed by atoms with Gasteiger partial charge in [-0.25, -0.2) is 9.69 Å². The van der Waals surface area contributed by atoms with Gasteiger partial charge in [-0.2, -0.15) is 0 Å². The van der Waals surface area contributed by atoms with Crippen molar-refractivity contribution in [1.29, 1.82) is 0 Å². The van der Waals surface area contributed by atoms with E-state index in [0.717, 1.165) is 19.6 Å². The monoisotopic (exact) mass is 903 g/mol. The minimum Gasteiger partial charge on any atom is -0.491 e. The van der Waals surface area contributed by atoms with E-state index in [1.165, 1.54) is 6.08 Å². The second-order valence-corrected chi connectivity index (χ2v) is 16.0. The molecule has 0 radical (unpaired) electrons. The van der Waals surface area contributed by atoms with E-state index in [1.54, 1.807) is 30.3 Å². The first-order valence-electron chi connectivity index (χ1n) is 19.4. The van der Waals surface area contributed by atoms with Crippen molar-refractivity contribution in [3.05, 3.63) is 178 Å². The number of halogens is 1. The van der Waals surface area contributed by atoms with Crippen molar-refractivity contribution < 1.29 is 38.5 Å². The standard InChI is InChI=1S/C47H42IN3O8/c1-3-25-58-43(53)38-40-44(54)59-41(32-18-11-6-12-19-32)39(31-16-9-5-10-17-31)51(40)42(33-20-13-21-35(27-33)57-26-24-52)47(38)36-28-34(48)22-23-37(36)50(45(47)55)46(56)49-29(2)30-14-7-4-8-15-30/h3-23,27-29,38-42,52H,1,24-26H2,2H3,(H,49,56)/t29-,38-,39-,40-,41+,42+,47-/m1/s1. The fourth-order valence-corrected chi connectivity index (χ4v) is 9.58. The van der Waals surface area contributed by atoms with Crippen molar-refractivity contribution in [1.82, 2.24) is 10.2 Å². The molecule has 3 aliphatic rings. The minimum absolute atomic E-state index is 0.00462. The maximum atomic E-state index is 16.1. The molecule has 3 aliphatic heterocycles. The average Bonchev–Trinajstić information content (AvgIpc) is 3.72. The Labute approximate surface area is 355 Å². The van der Waals surface area contributed by atoms with Crippen LogP contribution < -0.4 is 15.0 Å². The average molecular weight is 904 g/mol. The highest BCUT2D eigenvalue weighted by atomic mass is 127. The second kappa shape index (κ2) is 16.8. The van der Waals surface area contributed by atoms with Gasteiger partial charge in [0.2, 0.25) is 5.91 Å². The molecule has 2 fully saturated rings. The molecule has 2 saturated heterocycles. The van der Waals surface area contributed by atoms with Gasteiger partial charge in [-0.1, -0.05) is 116 Å². The van der Waals surface area contributed by atoms with E-state index in [4.69, 9.17) is 14.2 Å². The van der Waals surface area contributed by atoms with Crippen LogP contribution in [0.15, 0.2) is 146 Å². The summed E-state index contributed by atoms with van der Waals surface area (Å²) in [5.74, 6) is -3.36. The summed E-state index contributed by atoms with van der Waals surface area (Å²) in [4.78, 5) is 63.9. The number of carbonyl (C=O) groups is 4. The highest BCUT2D eigenvalue weighted by Crippen LogP contribution is 2.66. The van der Waals surface area contributed by atoms with Gasteiger partial charge >= 0.3 is 18.0 Å². The number of anilines is 1. The molecule has 12 heteroatoms. The molecular formula is C47H42IN3O8. The van der Waals surface area contributed by atoms with E-state index in [2.05, 4.69) is 34.5 Å². The normalized spacial score (nSPS) is 23.8. The molecule has 2 N–H and O–H groups in total. The minimum atomic E-state index is -1.94. The Morgan fingerprint density at radius 2 is 1.54 bits per heavy atom. The molecule has 3 amide bonds. The SMILES string of the molecule is C=CCOC(=O)[C@H]1[C@@H]2C(=O)O[C@@H](c3ccccc3)[C@@H](c3ccccc3)N2[C@@H](c2cccc(OCCO)c2)[C@]12C(=O)N(C(=O)N[C@H](C)c1ccccc1)c1ccc(I)cc12. The van der Waals surface area contributed by atoms with Crippen LogP contribution in [-0.2, 0) is 29.3 Å². The first-order chi connectivity index (χ1) is 28.7. The largest absolute Gasteiger partial charge is 0.491 e. The van der Waals surface area contributed by atoms with E-state index < -0.39 is 65.5 Å². The molecule has 1 spiro atoms. The number of imide groups is 1. The third kappa shape index (κ3) is 6.98. The van der Waals surface area contributed by atoms with Gasteiger partial charge in [-0.05, 0) is 87.7 Å². The fraction of sp³-hybridized carbons (Fsp3) is 0.234. The van der Waals surface area contributed by atoms with Crippen LogP contribution in [0.2, 0.25) is 0 Å². The van der Waals surface area contributed by atoms with Crippen LogP contribution in [0.5, 0.6) is 5.75 Å². The van der Waals surface area contributed by atoms with Crippen molar-refractivity contribution >= 4 is 52.2 Å². The van der Waals surface area contributed by atoms with Crippen LogP contribution in [0.25, 0.3) is 0 Å². The highest BCUT2D eigenvalue weighted by molar-refractivity contribution is 14.1. The van der Waals surface area contributed by atoms with Gasteiger partial charge < -0.3 is 24.6 Å². The Morgan fingerprint density at radius 1 is 0.881 bits per heavy atom. The number of ether oxygens (including phenoxy) is 3. The molecule has 5 aromatic rings. The molecule has 300 valence electrons. The number of hydrogen-bond acceptors (Lipinski definition) is 9. The van der Waals surface area contributed by atoms with Gasteiger partial charge in [-0.3, -0.25) is 19.3 Å². The number of benzene rings is 5. The van der Waals surface area contributed by atoms with Gasteiger partial charge in [0, 0.05) is 3.57 Å². The number of fused-ring (bicyclic) bond motifs is 3. The number of esters is 2. The zero-order valence-corrected chi connectivity index (χ0v) is 34.3. The summed E-state index contributed by atoms with van der Waals surface area (Å²) < 4.78 is 19.0. The zero-order valence-electron chi connectivity index (χ0n) is 32.1. The molecule has 8 rings (SSSR count). The lowest BCUT2D eigenvalue weighted by Crippen LogP contribution is -2.54. The highest BCUT2D eigenvalue weighted by Gasteiger charge is 2.76. The maximum absolute atomic E-state index is 16.1. The van der Waals surface area contributed by atoms with Crippen LogP contribution in [-0.4, -0.2) is 59.7 Å². The van der Waals surface area contributed by atoms with Crippen molar-refractivity contribution in [2.75, 3.05) is 24.7 Å². The predicted molar refractivity (Wildman–Crippen MR) is 228 cm³/mol. The van der Waals surface area contributed by atoms with Gasteiger partial charge in [0.15, 0.2) is 0 Å². The summed E-state index contributed by atoms with van der Waals surface area (Å²) in [5.41, 5.74) is 1.55. The number of nitrogens with one attached hydrogen (secondary N) is 1. The Morgan fingerprint density at radius 3 is 2.22 bits per heavy atom. The molecule has 11 nitrogen and oxygen atoms in total. The molecular weight excluding hydrogens is 861 g/mol. The third-order valence-corrected chi connectivity index (χ3v) is 12.1. The van der Waals surface area contributed by atoms with Crippen molar-refractivity contribution in [2.24, 2.45) is 5.92 Å². The number of aliphatic hydroxyl groups is 1. The number of hydrogen-bond donors (Lipinski definition) is 2. The Balaban J connectivity index is 1.42. The van der Waals surface area contributed by atoms with Crippen molar-refractivity contribution in [3.63, 3.8) is 0 Å². The number of carbonyl (C=O) groups excluding carboxylic acids is 4. The Kier molecular flexibility index (Phi) is 11.4. The summed E-state index contributed by atoms with van der Waals surface area (Å²) in [5, 5.41) is 12.7. The smallest absolute Gasteiger partial charge is 0.329 e. The first-order valence-corrected chi connectivity index (χ1v) is 20.5. The van der Waals surface area contributed by atoms with Gasteiger partial charge in [-0.15, -0.1) is 0 Å². The summed E-state index contributed by atoms with van der Waals surface area (Å²) in [7, 11) is 0. The van der Waals surface area contributed by atoms with Gasteiger partial charge in [0.25, 0.3) is 0 Å². The molecule has 59 heavy (non-hydrogen) atoms. The van der Waals surface area contributed by atoms with E-state index in [-0.39, 0.29) is 25.5 Å². The zero-order chi connectivity index (χ0) is 41.3. The predicted octanol–water partition coefficient (Wildman–Crippen LogP) is 7.53. The summed E-state index contributed by atoms with van der Waals surface area (Å²) in [6, 6.07) is 36.3. The van der Waals surface area contributed by atoms with Crippen molar-refractivity contribution in [2.45, 2.75) is 42.6 Å². The molecule has 5 aromatic carbocycles. The van der Waals surface area contributed by atoms with E-state index in [9.17, 15) is 14.7 Å². The van der Waals surface area contributed by atoms with Crippen LogP contribution >= 0.6 is 22.6 Å². The number of morpholine rings is 1. The molecule has 0 bridgehead atoms. The van der Waals surface area contributed by atoms with E-state index in [0.29, 0.717) is 22.4 Å². The number of aliphatic hydroxyl groups excluding tert-OH is 1. The second-order valence-electron chi connectivity index (χ2n) is 14.7. The van der Waals surface area contributed by atoms with Crippen LogP contribution in [0, 0.1) is 9.49 Å². The molecule has 3 heterocycles. The van der Waals surface area contributed by atoms with Crippen LogP contribution in [0.1, 0.15) is 59.0 Å². The maximum Gasteiger partial charge on any atom is 0.329 e. The number of cyclic esters (lactones) is 1. The molecule has 0 aliphatic carbocycles. The van der Waals surface area contributed by atoms with Crippen LogP contribution in [0.3, 0.4) is 0 Å². The van der Waals surface area contributed by atoms with E-state index in [1.807, 2.05) is 115 Å². The lowest BCUT2D eigenvalue weighted by atomic mass is 9.65. The fourth-order valence-electron chi connectivity index (χ4n) is 9.09. The number of urea groups is 1. The quantitative estimate of drug-likeness (QED) is 0.0784. The Hall–Kier alpha value is -5.83. The summed E-state index contributed by atoms with van der Waals surface area (Å²) in [6.45, 7) is 5.15. The number of amides is 3. The summed E-state index contributed by atoms with van der Waals surface area (Å²) in [6.07, 6.45) is 0.545. The lowest BCUT2D eigenvalue weighted by Gasteiger charge is -2.46. The van der Waals surface area contributed by atoms with E-state index >= 15 is 9.59 Å². The third-order valence-electron chi connectivity index (χ3n) is 11.4. The first kappa shape index (κ1) is 40.0. The molecule has 0 aromatic heterocycles. The lowest BCUT2D eigenvalue weighted by molar-refractivity contribution is -0.180. The topological polar surface area (TPSA) is 135 Å². The number of nitrogens with zero attached hydrogens (tertiary/aromatic N) is 2. The van der Waals surface area contributed by atoms with Gasteiger partial charge in [0.05, 0.1) is 30.4 Å². The summed E-state index contributed by atoms with van der Waals surface area (Å²) >= 11 is 2.15. The Bertz CT molecular complexity index is 2380. The number of rotatable bonds is 11. The molecule has 7 atom stereocenters. The molecule has 0 saturated carbocycles. The molecule has 0 unspecified atom stereocenters. The van der Waals surface area contributed by atoms with Crippen LogP contribution in [0.4, 0.5) is 10.5 Å².